The van der Waals surface area contributed by atoms with Gasteiger partial charge in [0.25, 0.3) is 0 Å². The standard InChI is InChI=1S/C31H35O2PS/c1-21-9-7-11-24(17-21)34(32,25-12-8-10-22(2)18-25)27-14-6-5-13-26(27)29-33-28-19-23-15-16-31(28,20-35-29)30(23,3)4/h5-14,17-18,23,28-29H,15-16,19-20H2,1-4H3/t23-,28-,29-,31-/m1/s1. The predicted octanol–water partition coefficient (Wildman–Crippen LogP) is 6.90. The fraction of sp³-hybridized carbons (Fsp3) is 0.419. The third-order valence-electron chi connectivity index (χ3n) is 9.40. The monoisotopic (exact) mass is 502 g/mol. The molecule has 0 radical (unpaired) electrons. The van der Waals surface area contributed by atoms with Crippen molar-refractivity contribution in [2.45, 2.75) is 58.5 Å². The molecule has 3 fully saturated rings. The summed E-state index contributed by atoms with van der Waals surface area (Å²) in [5, 5.41) is 2.72. The second-order valence-electron chi connectivity index (χ2n) is 11.5. The van der Waals surface area contributed by atoms with Crippen LogP contribution in [0.25, 0.3) is 0 Å². The van der Waals surface area contributed by atoms with Gasteiger partial charge in [0.2, 0.25) is 0 Å². The molecular weight excluding hydrogens is 467 g/mol. The Morgan fingerprint density at radius 3 is 2.20 bits per heavy atom. The Morgan fingerprint density at radius 1 is 0.914 bits per heavy atom. The van der Waals surface area contributed by atoms with E-state index in [1.807, 2.05) is 42.1 Å². The second-order valence-corrected chi connectivity index (χ2v) is 15.2. The normalized spacial score (nSPS) is 29.2. The molecule has 2 aliphatic carbocycles. The minimum atomic E-state index is -3.10. The molecule has 2 nitrogen and oxygen atoms in total. The highest BCUT2D eigenvalue weighted by Crippen LogP contribution is 2.70. The van der Waals surface area contributed by atoms with Crippen LogP contribution in [0.3, 0.4) is 0 Å². The van der Waals surface area contributed by atoms with Gasteiger partial charge >= 0.3 is 0 Å². The van der Waals surface area contributed by atoms with Crippen LogP contribution in [0.15, 0.2) is 72.8 Å². The Kier molecular flexibility index (Phi) is 5.64. The summed E-state index contributed by atoms with van der Waals surface area (Å²) in [4.78, 5) is 0. The van der Waals surface area contributed by atoms with Crippen molar-refractivity contribution in [3.05, 3.63) is 89.5 Å². The van der Waals surface area contributed by atoms with E-state index in [1.54, 1.807) is 0 Å². The van der Waals surface area contributed by atoms with Crippen LogP contribution in [0.2, 0.25) is 0 Å². The number of fused-ring (bicyclic) bond motifs is 1. The van der Waals surface area contributed by atoms with Gasteiger partial charge in [-0.1, -0.05) is 85.6 Å². The molecule has 3 aromatic carbocycles. The number of thioether (sulfide) groups is 1. The van der Waals surface area contributed by atoms with Gasteiger partial charge in [-0.05, 0) is 56.6 Å². The predicted molar refractivity (Wildman–Crippen MR) is 149 cm³/mol. The molecule has 0 amide bonds. The highest BCUT2D eigenvalue weighted by Gasteiger charge is 2.66. The molecule has 1 spiro atoms. The number of hydrogen-bond donors (Lipinski definition) is 0. The van der Waals surface area contributed by atoms with Crippen LogP contribution in [-0.2, 0) is 9.30 Å². The van der Waals surface area contributed by atoms with E-state index in [2.05, 4.69) is 70.2 Å². The molecule has 6 rings (SSSR count). The molecule has 2 bridgehead atoms. The Morgan fingerprint density at radius 2 is 1.57 bits per heavy atom. The van der Waals surface area contributed by atoms with Crippen LogP contribution < -0.4 is 15.9 Å². The average Bonchev–Trinajstić information content (AvgIpc) is 3.23. The van der Waals surface area contributed by atoms with E-state index < -0.39 is 7.14 Å². The lowest BCUT2D eigenvalue weighted by atomic mass is 9.69. The van der Waals surface area contributed by atoms with Gasteiger partial charge in [-0.3, -0.25) is 0 Å². The lowest BCUT2D eigenvalue weighted by molar-refractivity contribution is -0.0667. The zero-order valence-electron chi connectivity index (χ0n) is 21.2. The van der Waals surface area contributed by atoms with Gasteiger partial charge in [0, 0.05) is 32.6 Å². The number of rotatable bonds is 4. The van der Waals surface area contributed by atoms with Crippen molar-refractivity contribution in [3.8, 4) is 0 Å². The number of benzene rings is 3. The Labute approximate surface area is 214 Å². The highest BCUT2D eigenvalue weighted by molar-refractivity contribution is 7.99. The molecule has 4 atom stereocenters. The summed E-state index contributed by atoms with van der Waals surface area (Å²) >= 11 is 1.93. The van der Waals surface area contributed by atoms with Crippen LogP contribution >= 0.6 is 18.9 Å². The van der Waals surface area contributed by atoms with Gasteiger partial charge in [0.15, 0.2) is 7.14 Å². The molecule has 0 N–H and O–H groups in total. The van der Waals surface area contributed by atoms with E-state index in [0.717, 1.165) is 44.3 Å². The van der Waals surface area contributed by atoms with Crippen LogP contribution in [0.4, 0.5) is 0 Å². The minimum absolute atomic E-state index is 0.0834. The minimum Gasteiger partial charge on any atom is -0.359 e. The van der Waals surface area contributed by atoms with Crippen LogP contribution in [0.5, 0.6) is 0 Å². The van der Waals surface area contributed by atoms with Crippen molar-refractivity contribution >= 4 is 34.8 Å². The summed E-state index contributed by atoms with van der Waals surface area (Å²) in [7, 11) is -3.10. The SMILES string of the molecule is Cc1cccc(P(=O)(c2cccc(C)c2)c2ccccc2[C@@H]2O[C@@H]3C[C@H]4CC[C@]3(CS2)C4(C)C)c1. The molecule has 0 unspecified atom stereocenters. The zero-order valence-corrected chi connectivity index (χ0v) is 22.9. The van der Waals surface area contributed by atoms with Gasteiger partial charge in [0.1, 0.15) is 5.44 Å². The molecular formula is C31H35O2PS. The average molecular weight is 503 g/mol. The van der Waals surface area contributed by atoms with E-state index in [-0.39, 0.29) is 10.9 Å². The number of ether oxygens (including phenoxy) is 1. The molecule has 1 saturated heterocycles. The third kappa shape index (κ3) is 3.45. The molecule has 1 aliphatic heterocycles. The maximum absolute atomic E-state index is 15.4. The van der Waals surface area contributed by atoms with Gasteiger partial charge in [-0.15, -0.1) is 11.8 Å². The van der Waals surface area contributed by atoms with E-state index in [0.29, 0.717) is 11.5 Å². The van der Waals surface area contributed by atoms with Crippen molar-refractivity contribution < 1.29 is 9.30 Å². The summed E-state index contributed by atoms with van der Waals surface area (Å²) in [5.74, 6) is 1.88. The Balaban J connectivity index is 1.46. The summed E-state index contributed by atoms with van der Waals surface area (Å²) in [6, 6.07) is 24.8. The van der Waals surface area contributed by atoms with E-state index in [9.17, 15) is 0 Å². The quantitative estimate of drug-likeness (QED) is 0.363. The van der Waals surface area contributed by atoms with Crippen LogP contribution in [0.1, 0.15) is 55.2 Å². The molecule has 1 heterocycles. The summed E-state index contributed by atoms with van der Waals surface area (Å²) in [6.07, 6.45) is 4.08. The molecule has 3 aliphatic rings. The molecule has 35 heavy (non-hydrogen) atoms. The molecule has 4 heteroatoms. The number of aryl methyl sites for hydroxylation is 2. The summed E-state index contributed by atoms with van der Waals surface area (Å²) < 4.78 is 22.3. The molecule has 182 valence electrons. The Hall–Kier alpha value is -1.80. The maximum atomic E-state index is 15.4. The first-order chi connectivity index (χ1) is 16.8. The zero-order chi connectivity index (χ0) is 24.4. The molecule has 0 aromatic heterocycles. The van der Waals surface area contributed by atoms with Crippen molar-refractivity contribution in [2.75, 3.05) is 5.75 Å². The highest BCUT2D eigenvalue weighted by atomic mass is 32.2. The van der Waals surface area contributed by atoms with Gasteiger partial charge in [0.05, 0.1) is 6.10 Å². The van der Waals surface area contributed by atoms with Crippen LogP contribution in [-0.4, -0.2) is 11.9 Å². The molecule has 3 aromatic rings. The summed E-state index contributed by atoms with van der Waals surface area (Å²) in [6.45, 7) is 9.08. The second kappa shape index (κ2) is 8.37. The van der Waals surface area contributed by atoms with Crippen molar-refractivity contribution in [3.63, 3.8) is 0 Å². The topological polar surface area (TPSA) is 26.3 Å². The third-order valence-corrected chi connectivity index (χ3v) is 13.8. The molecule has 2 saturated carbocycles. The van der Waals surface area contributed by atoms with Gasteiger partial charge < -0.3 is 9.30 Å². The van der Waals surface area contributed by atoms with E-state index in [1.165, 1.54) is 19.3 Å². The van der Waals surface area contributed by atoms with E-state index in [4.69, 9.17) is 4.74 Å². The first-order valence-corrected chi connectivity index (χ1v) is 15.6. The number of hydrogen-bond acceptors (Lipinski definition) is 3. The van der Waals surface area contributed by atoms with Crippen molar-refractivity contribution in [1.29, 1.82) is 0 Å². The fourth-order valence-corrected chi connectivity index (χ4v) is 12.1. The smallest absolute Gasteiger partial charge is 0.171 e. The lowest BCUT2D eigenvalue weighted by Crippen LogP contribution is -2.46. The largest absolute Gasteiger partial charge is 0.359 e. The Bertz CT molecular complexity index is 1280. The van der Waals surface area contributed by atoms with E-state index >= 15 is 4.57 Å². The maximum Gasteiger partial charge on any atom is 0.171 e. The van der Waals surface area contributed by atoms with Gasteiger partial charge in [-0.25, -0.2) is 0 Å². The van der Waals surface area contributed by atoms with Crippen molar-refractivity contribution in [2.24, 2.45) is 16.7 Å². The summed E-state index contributed by atoms with van der Waals surface area (Å²) in [5.41, 5.74) is 3.88. The van der Waals surface area contributed by atoms with Crippen LogP contribution in [0, 0.1) is 30.6 Å². The first-order valence-electron chi connectivity index (χ1n) is 12.9. The van der Waals surface area contributed by atoms with Gasteiger partial charge in [-0.2, -0.15) is 0 Å². The lowest BCUT2D eigenvalue weighted by Gasteiger charge is -2.47. The first kappa shape index (κ1) is 23.6. The fourth-order valence-electron chi connectivity index (χ4n) is 7.16. The van der Waals surface area contributed by atoms with Crippen molar-refractivity contribution in [1.82, 2.24) is 0 Å².